The van der Waals surface area contributed by atoms with Crippen molar-refractivity contribution in [1.29, 1.82) is 0 Å². The lowest BCUT2D eigenvalue weighted by atomic mass is 10.1. The van der Waals surface area contributed by atoms with Crippen LogP contribution in [0, 0.1) is 0 Å². The average molecular weight is 452 g/mol. The number of carbonyl (C=O) groups is 1. The SMILES string of the molecule is O=C(O)c1ccccc1N=Nc1c(S(=O)(=O)O)cc2cc(S(=O)(=O)O)ccc2c1O. The molecule has 13 heteroatoms. The summed E-state index contributed by atoms with van der Waals surface area (Å²) in [6, 6.07) is 9.19. The van der Waals surface area contributed by atoms with Crippen LogP contribution in [-0.2, 0) is 20.2 Å². The first kappa shape index (κ1) is 21.3. The lowest BCUT2D eigenvalue weighted by molar-refractivity contribution is 0.0697. The first-order valence-electron chi connectivity index (χ1n) is 7.88. The maximum Gasteiger partial charge on any atom is 0.337 e. The summed E-state index contributed by atoms with van der Waals surface area (Å²) in [6.07, 6.45) is 0. The zero-order valence-electron chi connectivity index (χ0n) is 14.7. The smallest absolute Gasteiger partial charge is 0.337 e. The van der Waals surface area contributed by atoms with Crippen molar-refractivity contribution in [3.8, 4) is 5.75 Å². The molecule has 30 heavy (non-hydrogen) atoms. The average Bonchev–Trinajstić information content (AvgIpc) is 2.65. The van der Waals surface area contributed by atoms with Gasteiger partial charge in [0.25, 0.3) is 20.2 Å². The van der Waals surface area contributed by atoms with Crippen LogP contribution in [0.1, 0.15) is 10.4 Å². The van der Waals surface area contributed by atoms with E-state index in [9.17, 15) is 36.4 Å². The van der Waals surface area contributed by atoms with Gasteiger partial charge in [-0.3, -0.25) is 9.11 Å². The summed E-state index contributed by atoms with van der Waals surface area (Å²) < 4.78 is 64.9. The van der Waals surface area contributed by atoms with E-state index in [4.69, 9.17) is 4.55 Å². The van der Waals surface area contributed by atoms with Gasteiger partial charge in [-0.15, -0.1) is 10.2 Å². The Morgan fingerprint density at radius 1 is 0.867 bits per heavy atom. The fourth-order valence-electron chi connectivity index (χ4n) is 2.63. The Bertz CT molecular complexity index is 1430. The zero-order valence-corrected chi connectivity index (χ0v) is 16.3. The Morgan fingerprint density at radius 2 is 1.53 bits per heavy atom. The normalized spacial score (nSPS) is 12.5. The van der Waals surface area contributed by atoms with Crippen molar-refractivity contribution in [2.75, 3.05) is 0 Å². The summed E-state index contributed by atoms with van der Waals surface area (Å²) in [5, 5.41) is 26.7. The van der Waals surface area contributed by atoms with Crippen LogP contribution in [0.5, 0.6) is 5.75 Å². The van der Waals surface area contributed by atoms with E-state index in [-0.39, 0.29) is 22.0 Å². The van der Waals surface area contributed by atoms with Crippen molar-refractivity contribution in [2.45, 2.75) is 9.79 Å². The number of nitrogens with zero attached hydrogens (tertiary/aromatic N) is 2. The second kappa shape index (κ2) is 7.46. The fraction of sp³-hybridized carbons (Fsp3) is 0. The van der Waals surface area contributed by atoms with Gasteiger partial charge in [-0.1, -0.05) is 12.1 Å². The number of rotatable bonds is 5. The van der Waals surface area contributed by atoms with Crippen LogP contribution in [-0.4, -0.2) is 42.1 Å². The highest BCUT2D eigenvalue weighted by Crippen LogP contribution is 2.42. The minimum absolute atomic E-state index is 0.0599. The molecule has 0 bridgehead atoms. The van der Waals surface area contributed by atoms with E-state index in [2.05, 4.69) is 10.2 Å². The van der Waals surface area contributed by atoms with Crippen LogP contribution in [0.2, 0.25) is 0 Å². The maximum atomic E-state index is 11.8. The van der Waals surface area contributed by atoms with Crippen molar-refractivity contribution < 1.29 is 40.9 Å². The molecule has 11 nitrogen and oxygen atoms in total. The Labute approximate surface area is 169 Å². The highest BCUT2D eigenvalue weighted by atomic mass is 32.2. The van der Waals surface area contributed by atoms with Gasteiger partial charge in [0, 0.05) is 5.39 Å². The molecule has 0 atom stereocenters. The lowest BCUT2D eigenvalue weighted by Gasteiger charge is -2.09. The zero-order chi connectivity index (χ0) is 22.3. The Kier molecular flexibility index (Phi) is 5.30. The number of azo groups is 1. The largest absolute Gasteiger partial charge is 0.505 e. The van der Waals surface area contributed by atoms with E-state index in [0.717, 1.165) is 24.3 Å². The molecule has 0 aromatic heterocycles. The summed E-state index contributed by atoms with van der Waals surface area (Å²) in [7, 11) is -9.58. The molecule has 0 aliphatic heterocycles. The molecule has 0 heterocycles. The number of aromatic carboxylic acids is 1. The second-order valence-electron chi connectivity index (χ2n) is 5.93. The molecule has 0 radical (unpaired) electrons. The lowest BCUT2D eigenvalue weighted by Crippen LogP contribution is -2.01. The van der Waals surface area contributed by atoms with Crippen LogP contribution in [0.3, 0.4) is 0 Å². The molecule has 0 aliphatic rings. The summed E-state index contributed by atoms with van der Waals surface area (Å²) in [5.41, 5.74) is -1.08. The van der Waals surface area contributed by atoms with Gasteiger partial charge in [-0.2, -0.15) is 16.8 Å². The Balaban J connectivity index is 2.29. The molecule has 0 saturated heterocycles. The van der Waals surface area contributed by atoms with Gasteiger partial charge >= 0.3 is 5.97 Å². The summed E-state index contributed by atoms with van der Waals surface area (Å²) in [4.78, 5) is 9.78. The van der Waals surface area contributed by atoms with E-state index in [1.807, 2.05) is 0 Å². The third-order valence-electron chi connectivity index (χ3n) is 3.99. The third-order valence-corrected chi connectivity index (χ3v) is 5.71. The Morgan fingerprint density at radius 3 is 2.13 bits per heavy atom. The van der Waals surface area contributed by atoms with Crippen LogP contribution in [0.25, 0.3) is 10.8 Å². The van der Waals surface area contributed by atoms with Crippen LogP contribution < -0.4 is 0 Å². The van der Waals surface area contributed by atoms with Gasteiger partial charge in [0.2, 0.25) is 0 Å². The van der Waals surface area contributed by atoms with E-state index in [0.29, 0.717) is 0 Å². The minimum atomic E-state index is -4.97. The number of fused-ring (bicyclic) bond motifs is 1. The standard InChI is InChI=1S/C17H12N2O9S2/c20-16-11-6-5-10(29(23,24)25)7-9(11)8-14(30(26,27)28)15(16)19-18-13-4-2-1-3-12(13)17(21)22/h1-8,20H,(H,21,22)(H,23,24,25)(H,26,27,28). The van der Waals surface area contributed by atoms with Crippen molar-refractivity contribution in [1.82, 2.24) is 0 Å². The van der Waals surface area contributed by atoms with E-state index in [1.165, 1.54) is 24.3 Å². The number of phenolic OH excluding ortho intramolecular Hbond substituents is 1. The number of phenols is 1. The number of carboxylic acids is 1. The van der Waals surface area contributed by atoms with Crippen molar-refractivity contribution >= 4 is 48.4 Å². The summed E-state index contributed by atoms with van der Waals surface area (Å²) >= 11 is 0. The van der Waals surface area contributed by atoms with Gasteiger partial charge in [-0.05, 0) is 41.8 Å². The van der Waals surface area contributed by atoms with Gasteiger partial charge in [-0.25, -0.2) is 4.79 Å². The molecule has 3 aromatic rings. The number of carboxylic acid groups (broad SMARTS) is 1. The van der Waals surface area contributed by atoms with Crippen molar-refractivity contribution in [2.24, 2.45) is 10.2 Å². The van der Waals surface area contributed by atoms with Gasteiger partial charge in [0.05, 0.1) is 10.5 Å². The highest BCUT2D eigenvalue weighted by molar-refractivity contribution is 7.86. The summed E-state index contributed by atoms with van der Waals surface area (Å²) in [6.45, 7) is 0. The predicted molar refractivity (Wildman–Crippen MR) is 103 cm³/mol. The summed E-state index contributed by atoms with van der Waals surface area (Å²) in [5.74, 6) is -2.08. The van der Waals surface area contributed by atoms with Gasteiger partial charge in [0.1, 0.15) is 16.3 Å². The topological polar surface area (TPSA) is 191 Å². The molecular weight excluding hydrogens is 440 g/mol. The van der Waals surface area contributed by atoms with Gasteiger partial charge in [0.15, 0.2) is 5.75 Å². The molecule has 0 unspecified atom stereocenters. The number of hydrogen-bond acceptors (Lipinski definition) is 8. The molecule has 4 N–H and O–H groups in total. The quantitative estimate of drug-likeness (QED) is 0.332. The number of aromatic hydroxyl groups is 1. The number of benzene rings is 3. The first-order chi connectivity index (χ1) is 13.9. The predicted octanol–water partition coefficient (Wildman–Crippen LogP) is 3.15. The molecule has 0 aliphatic carbocycles. The second-order valence-corrected chi connectivity index (χ2v) is 8.74. The van der Waals surface area contributed by atoms with Crippen molar-refractivity contribution in [3.05, 3.63) is 54.1 Å². The molecule has 3 aromatic carbocycles. The minimum Gasteiger partial charge on any atom is -0.505 e. The monoisotopic (exact) mass is 452 g/mol. The first-order valence-corrected chi connectivity index (χ1v) is 10.8. The molecule has 0 spiro atoms. The molecule has 3 rings (SSSR count). The molecule has 0 fully saturated rings. The van der Waals surface area contributed by atoms with Crippen LogP contribution in [0.4, 0.5) is 11.4 Å². The highest BCUT2D eigenvalue weighted by Gasteiger charge is 2.23. The third kappa shape index (κ3) is 4.13. The van der Waals surface area contributed by atoms with Crippen molar-refractivity contribution in [3.63, 3.8) is 0 Å². The molecule has 0 saturated carbocycles. The van der Waals surface area contributed by atoms with Crippen LogP contribution in [0.15, 0.2) is 68.6 Å². The Hall–Kier alpha value is -3.39. The van der Waals surface area contributed by atoms with E-state index in [1.54, 1.807) is 0 Å². The molecular formula is C17H12N2O9S2. The maximum absolute atomic E-state index is 11.8. The molecule has 156 valence electrons. The van der Waals surface area contributed by atoms with E-state index >= 15 is 0 Å². The fourth-order valence-corrected chi connectivity index (χ4v) is 3.80. The van der Waals surface area contributed by atoms with Crippen LogP contribution >= 0.6 is 0 Å². The number of hydrogen-bond donors (Lipinski definition) is 4. The van der Waals surface area contributed by atoms with E-state index < -0.39 is 47.4 Å². The molecule has 0 amide bonds. The van der Waals surface area contributed by atoms with Gasteiger partial charge < -0.3 is 10.2 Å².